The zero-order valence-electron chi connectivity index (χ0n) is 17.3. The third-order valence-corrected chi connectivity index (χ3v) is 5.81. The van der Waals surface area contributed by atoms with Gasteiger partial charge in [0.25, 0.3) is 11.7 Å². The highest BCUT2D eigenvalue weighted by molar-refractivity contribution is 7.09. The van der Waals surface area contributed by atoms with E-state index in [0.29, 0.717) is 29.6 Å². The summed E-state index contributed by atoms with van der Waals surface area (Å²) in [6, 6.07) is 13.3. The number of ketones is 1. The number of Topliss-reactive ketones (excluding diaryl/α,β-unsaturated/α-hetero) is 1. The molecular formula is C24H23NO5S. The van der Waals surface area contributed by atoms with Crippen LogP contribution in [0.2, 0.25) is 0 Å². The minimum atomic E-state index is -0.808. The van der Waals surface area contributed by atoms with Gasteiger partial charge in [0.1, 0.15) is 23.3 Å². The lowest BCUT2D eigenvalue weighted by molar-refractivity contribution is -0.140. The van der Waals surface area contributed by atoms with Crippen molar-refractivity contribution in [3.63, 3.8) is 0 Å². The van der Waals surface area contributed by atoms with Gasteiger partial charge in [-0.2, -0.15) is 0 Å². The summed E-state index contributed by atoms with van der Waals surface area (Å²) < 4.78 is 11.3. The number of hydrogen-bond acceptors (Lipinski definition) is 6. The summed E-state index contributed by atoms with van der Waals surface area (Å²) in [5.41, 5.74) is 0.421. The van der Waals surface area contributed by atoms with Gasteiger partial charge in [-0.15, -0.1) is 11.3 Å². The third kappa shape index (κ3) is 4.27. The first-order chi connectivity index (χ1) is 15.0. The summed E-state index contributed by atoms with van der Waals surface area (Å²) >= 11 is 1.50. The van der Waals surface area contributed by atoms with E-state index < -0.39 is 17.7 Å². The minimum Gasteiger partial charge on any atom is -0.507 e. The number of amides is 1. The molecule has 2 aromatic heterocycles. The first-order valence-electron chi connectivity index (χ1n) is 10.0. The number of thiophene rings is 1. The van der Waals surface area contributed by atoms with Gasteiger partial charge in [-0.3, -0.25) is 9.59 Å². The number of carbonyl (C=O) groups is 2. The molecule has 1 N–H and O–H groups in total. The van der Waals surface area contributed by atoms with E-state index >= 15 is 0 Å². The van der Waals surface area contributed by atoms with Crippen LogP contribution < -0.4 is 4.74 Å². The number of furan rings is 1. The van der Waals surface area contributed by atoms with Crippen molar-refractivity contribution in [1.82, 2.24) is 4.90 Å². The molecule has 1 aliphatic heterocycles. The fraction of sp³-hybridized carbons (Fsp3) is 0.250. The summed E-state index contributed by atoms with van der Waals surface area (Å²) in [5.74, 6) is -0.292. The first kappa shape index (κ1) is 20.9. The predicted molar refractivity (Wildman–Crippen MR) is 118 cm³/mol. The average molecular weight is 438 g/mol. The second-order valence-electron chi connectivity index (χ2n) is 7.75. The number of carbonyl (C=O) groups excluding carboxylic acids is 2. The van der Waals surface area contributed by atoms with Crippen molar-refractivity contribution < 1.29 is 23.8 Å². The summed E-state index contributed by atoms with van der Waals surface area (Å²) in [4.78, 5) is 28.3. The van der Waals surface area contributed by atoms with Crippen LogP contribution >= 0.6 is 11.3 Å². The van der Waals surface area contributed by atoms with E-state index in [2.05, 4.69) is 0 Å². The Morgan fingerprint density at radius 1 is 1.19 bits per heavy atom. The number of likely N-dealkylation sites (tertiary alicyclic amines) is 1. The Balaban J connectivity index is 1.76. The van der Waals surface area contributed by atoms with E-state index in [0.717, 1.165) is 4.88 Å². The van der Waals surface area contributed by atoms with Gasteiger partial charge in [0, 0.05) is 10.4 Å². The Hall–Kier alpha value is -3.32. The maximum absolute atomic E-state index is 13.0. The molecule has 4 rings (SSSR count). The molecule has 7 heteroatoms. The van der Waals surface area contributed by atoms with Crippen molar-refractivity contribution in [3.8, 4) is 5.75 Å². The Morgan fingerprint density at radius 2 is 2.03 bits per heavy atom. The van der Waals surface area contributed by atoms with Gasteiger partial charge in [-0.1, -0.05) is 32.0 Å². The molecule has 31 heavy (non-hydrogen) atoms. The van der Waals surface area contributed by atoms with E-state index in [9.17, 15) is 14.7 Å². The number of rotatable bonds is 7. The summed E-state index contributed by atoms with van der Waals surface area (Å²) in [7, 11) is 0. The lowest BCUT2D eigenvalue weighted by Gasteiger charge is -2.22. The van der Waals surface area contributed by atoms with Gasteiger partial charge in [0.05, 0.1) is 25.0 Å². The van der Waals surface area contributed by atoms with Crippen LogP contribution in [0.4, 0.5) is 0 Å². The molecule has 0 saturated carbocycles. The topological polar surface area (TPSA) is 80.0 Å². The van der Waals surface area contributed by atoms with Crippen LogP contribution in [-0.4, -0.2) is 28.3 Å². The van der Waals surface area contributed by atoms with Crippen molar-refractivity contribution >= 4 is 28.8 Å². The molecule has 1 saturated heterocycles. The molecule has 1 fully saturated rings. The monoisotopic (exact) mass is 437 g/mol. The van der Waals surface area contributed by atoms with E-state index in [1.165, 1.54) is 22.5 Å². The largest absolute Gasteiger partial charge is 0.507 e. The molecule has 0 aliphatic carbocycles. The molecule has 3 aromatic rings. The van der Waals surface area contributed by atoms with Crippen LogP contribution in [0.5, 0.6) is 5.75 Å². The van der Waals surface area contributed by atoms with Gasteiger partial charge in [0.2, 0.25) is 0 Å². The molecule has 1 atom stereocenters. The van der Waals surface area contributed by atoms with Crippen LogP contribution in [0.1, 0.15) is 36.1 Å². The third-order valence-electron chi connectivity index (χ3n) is 4.95. The normalized spacial score (nSPS) is 18.2. The fourth-order valence-electron chi connectivity index (χ4n) is 3.51. The maximum atomic E-state index is 13.0. The van der Waals surface area contributed by atoms with Crippen molar-refractivity contribution in [2.24, 2.45) is 5.92 Å². The lowest BCUT2D eigenvalue weighted by Crippen LogP contribution is -2.28. The SMILES string of the molecule is CC(C)COc1cccc(/C(O)=C2/C(=O)C(=O)N(Cc3cccs3)C2c2ccco2)c1. The number of ether oxygens (including phenoxy) is 1. The quantitative estimate of drug-likeness (QED) is 0.320. The second kappa shape index (κ2) is 8.81. The standard InChI is InChI=1S/C24H23NO5S/c1-15(2)14-30-17-7-3-6-16(12-17)22(26)20-21(19-9-4-10-29-19)25(24(28)23(20)27)13-18-8-5-11-31-18/h3-12,15,21,26H,13-14H2,1-2H3/b22-20-. The summed E-state index contributed by atoms with van der Waals surface area (Å²) in [6.07, 6.45) is 1.49. The number of aliphatic hydroxyl groups excluding tert-OH is 1. The fourth-order valence-corrected chi connectivity index (χ4v) is 4.21. The van der Waals surface area contributed by atoms with E-state index in [4.69, 9.17) is 9.15 Å². The molecule has 0 spiro atoms. The first-order valence-corrected chi connectivity index (χ1v) is 10.9. The molecule has 160 valence electrons. The van der Waals surface area contributed by atoms with Crippen molar-refractivity contribution in [2.45, 2.75) is 26.4 Å². The maximum Gasteiger partial charge on any atom is 0.296 e. The number of benzene rings is 1. The zero-order chi connectivity index (χ0) is 22.0. The molecule has 1 amide bonds. The highest BCUT2D eigenvalue weighted by Crippen LogP contribution is 2.41. The number of hydrogen-bond donors (Lipinski definition) is 1. The van der Waals surface area contributed by atoms with Crippen LogP contribution in [0.25, 0.3) is 5.76 Å². The van der Waals surface area contributed by atoms with E-state index in [1.807, 2.05) is 31.4 Å². The molecular weight excluding hydrogens is 414 g/mol. The zero-order valence-corrected chi connectivity index (χ0v) is 18.1. The minimum absolute atomic E-state index is 0.0116. The predicted octanol–water partition coefficient (Wildman–Crippen LogP) is 5.00. The van der Waals surface area contributed by atoms with Gasteiger partial charge in [-0.25, -0.2) is 0 Å². The highest BCUT2D eigenvalue weighted by atomic mass is 32.1. The molecule has 0 bridgehead atoms. The Kier molecular flexibility index (Phi) is 5.95. The Bertz CT molecular complexity index is 1100. The smallest absolute Gasteiger partial charge is 0.296 e. The summed E-state index contributed by atoms with van der Waals surface area (Å²) in [5, 5.41) is 13.0. The second-order valence-corrected chi connectivity index (χ2v) is 8.79. The van der Waals surface area contributed by atoms with Crippen LogP contribution in [0.3, 0.4) is 0 Å². The van der Waals surface area contributed by atoms with E-state index in [-0.39, 0.29) is 17.9 Å². The van der Waals surface area contributed by atoms with Crippen molar-refractivity contribution in [3.05, 3.63) is 81.9 Å². The van der Waals surface area contributed by atoms with Gasteiger partial charge in [0.15, 0.2) is 0 Å². The number of nitrogens with zero attached hydrogens (tertiary/aromatic N) is 1. The summed E-state index contributed by atoms with van der Waals surface area (Å²) in [6.45, 7) is 4.87. The molecule has 1 aromatic carbocycles. The molecule has 6 nitrogen and oxygen atoms in total. The number of aliphatic hydroxyl groups is 1. The molecule has 0 radical (unpaired) electrons. The van der Waals surface area contributed by atoms with Crippen LogP contribution in [0.15, 0.2) is 70.2 Å². The van der Waals surface area contributed by atoms with Crippen LogP contribution in [0, 0.1) is 5.92 Å². The van der Waals surface area contributed by atoms with Crippen LogP contribution in [-0.2, 0) is 16.1 Å². The van der Waals surface area contributed by atoms with Crippen molar-refractivity contribution in [2.75, 3.05) is 6.61 Å². The Labute approximate surface area is 184 Å². The molecule has 1 unspecified atom stereocenters. The highest BCUT2D eigenvalue weighted by Gasteiger charge is 2.47. The van der Waals surface area contributed by atoms with Gasteiger partial charge < -0.3 is 19.2 Å². The molecule has 1 aliphatic rings. The van der Waals surface area contributed by atoms with Gasteiger partial charge in [-0.05, 0) is 41.6 Å². The van der Waals surface area contributed by atoms with E-state index in [1.54, 1.807) is 36.4 Å². The molecule has 3 heterocycles. The van der Waals surface area contributed by atoms with Gasteiger partial charge >= 0.3 is 0 Å². The lowest BCUT2D eigenvalue weighted by atomic mass is 9.99. The van der Waals surface area contributed by atoms with Crippen molar-refractivity contribution in [1.29, 1.82) is 0 Å². The Morgan fingerprint density at radius 3 is 2.71 bits per heavy atom. The average Bonchev–Trinajstić information content (AvgIpc) is 3.51.